The number of carbonyl (C=O) groups is 1. The minimum atomic E-state index is -4.00. The number of amides is 1. The summed E-state index contributed by atoms with van der Waals surface area (Å²) in [6.07, 6.45) is 12.6. The van der Waals surface area contributed by atoms with Crippen LogP contribution in [0.4, 0.5) is 5.69 Å². The van der Waals surface area contributed by atoms with Crippen molar-refractivity contribution in [2.45, 2.75) is 89.4 Å². The number of anilines is 1. The predicted molar refractivity (Wildman–Crippen MR) is 148 cm³/mol. The Balaban J connectivity index is 1.79. The van der Waals surface area contributed by atoms with E-state index in [1.165, 1.54) is 44.9 Å². The highest BCUT2D eigenvalue weighted by molar-refractivity contribution is 7.92. The third-order valence-corrected chi connectivity index (χ3v) is 8.80. The molecule has 1 amide bonds. The van der Waals surface area contributed by atoms with Crippen LogP contribution in [0.15, 0.2) is 52.5 Å². The van der Waals surface area contributed by atoms with Crippen LogP contribution in [-0.2, 0) is 14.8 Å². The molecule has 1 fully saturated rings. The minimum absolute atomic E-state index is 0.114. The van der Waals surface area contributed by atoms with Crippen molar-refractivity contribution < 1.29 is 13.2 Å². The molecule has 196 valence electrons. The van der Waals surface area contributed by atoms with E-state index < -0.39 is 22.5 Å². The lowest BCUT2D eigenvalue weighted by Crippen LogP contribution is -2.39. The van der Waals surface area contributed by atoms with Gasteiger partial charge in [-0.15, -0.1) is 0 Å². The van der Waals surface area contributed by atoms with Crippen LogP contribution in [0, 0.1) is 13.8 Å². The van der Waals surface area contributed by atoms with Gasteiger partial charge in [-0.2, -0.15) is 5.10 Å². The summed E-state index contributed by atoms with van der Waals surface area (Å²) < 4.78 is 28.2. The quantitative estimate of drug-likeness (QED) is 0.410. The number of hydrogen-bond donors (Lipinski definition) is 1. The normalized spacial score (nSPS) is 15.9. The maximum atomic E-state index is 13.6. The molecule has 0 bridgehead atoms. The first-order valence-corrected chi connectivity index (χ1v) is 14.8. The molecule has 0 aliphatic heterocycles. The Morgan fingerprint density at radius 1 is 0.889 bits per heavy atom. The van der Waals surface area contributed by atoms with Crippen molar-refractivity contribution in [3.8, 4) is 0 Å². The van der Waals surface area contributed by atoms with Crippen molar-refractivity contribution in [2.24, 2.45) is 5.10 Å². The number of rotatable bonds is 6. The van der Waals surface area contributed by atoms with E-state index in [-0.39, 0.29) is 4.90 Å². The molecule has 0 spiro atoms. The molecule has 1 aliphatic carbocycles. The van der Waals surface area contributed by atoms with Crippen LogP contribution in [0.25, 0.3) is 0 Å². The molecule has 8 heteroatoms. The number of sulfonamides is 1. The molecule has 1 aliphatic rings. The van der Waals surface area contributed by atoms with E-state index in [4.69, 9.17) is 11.6 Å². The number of nitrogens with zero attached hydrogens (tertiary/aromatic N) is 2. The van der Waals surface area contributed by atoms with E-state index in [9.17, 15) is 13.2 Å². The summed E-state index contributed by atoms with van der Waals surface area (Å²) >= 11 is 6.31. The fourth-order valence-corrected chi connectivity index (χ4v) is 5.92. The van der Waals surface area contributed by atoms with Crippen LogP contribution >= 0.6 is 11.6 Å². The number of hydrazone groups is 1. The SMILES string of the molecule is Cc1ccc(S(=O)(=O)N(CC(=O)NN=C2CCCCCCCCCCC2)c2ccc(C)c(Cl)c2)cc1. The second kappa shape index (κ2) is 13.8. The maximum Gasteiger partial charge on any atom is 0.264 e. The Labute approximate surface area is 221 Å². The summed E-state index contributed by atoms with van der Waals surface area (Å²) in [6, 6.07) is 11.6. The minimum Gasteiger partial charge on any atom is -0.271 e. The second-order valence-electron chi connectivity index (χ2n) is 9.65. The third kappa shape index (κ3) is 8.34. The van der Waals surface area contributed by atoms with Gasteiger partial charge in [0.1, 0.15) is 6.54 Å². The number of halogens is 1. The van der Waals surface area contributed by atoms with E-state index >= 15 is 0 Å². The number of nitrogens with one attached hydrogen (secondary N) is 1. The van der Waals surface area contributed by atoms with Crippen molar-refractivity contribution in [1.82, 2.24) is 5.43 Å². The van der Waals surface area contributed by atoms with Gasteiger partial charge < -0.3 is 0 Å². The van der Waals surface area contributed by atoms with Gasteiger partial charge in [-0.3, -0.25) is 9.10 Å². The van der Waals surface area contributed by atoms with E-state index in [1.54, 1.807) is 42.5 Å². The summed E-state index contributed by atoms with van der Waals surface area (Å²) in [6.45, 7) is 3.34. The van der Waals surface area contributed by atoms with Crippen molar-refractivity contribution in [3.63, 3.8) is 0 Å². The van der Waals surface area contributed by atoms with Gasteiger partial charge in [-0.05, 0) is 69.4 Å². The van der Waals surface area contributed by atoms with Crippen LogP contribution < -0.4 is 9.73 Å². The first-order valence-electron chi connectivity index (χ1n) is 13.0. The van der Waals surface area contributed by atoms with E-state index in [0.29, 0.717) is 10.7 Å². The largest absolute Gasteiger partial charge is 0.271 e. The molecule has 1 N–H and O–H groups in total. The fraction of sp³-hybridized carbons (Fsp3) is 0.500. The zero-order valence-corrected chi connectivity index (χ0v) is 23.0. The van der Waals surface area contributed by atoms with E-state index in [2.05, 4.69) is 10.5 Å². The molecular weight excluding hydrogens is 494 g/mol. The fourth-order valence-electron chi connectivity index (χ4n) is 4.33. The zero-order valence-electron chi connectivity index (χ0n) is 21.4. The van der Waals surface area contributed by atoms with E-state index in [0.717, 1.165) is 46.8 Å². The Kier molecular flexibility index (Phi) is 10.8. The molecule has 3 rings (SSSR count). The average Bonchev–Trinajstić information content (AvgIpc) is 2.84. The van der Waals surface area contributed by atoms with Gasteiger partial charge in [0.15, 0.2) is 0 Å². The lowest BCUT2D eigenvalue weighted by molar-refractivity contribution is -0.119. The van der Waals surface area contributed by atoms with Gasteiger partial charge in [-0.1, -0.05) is 80.3 Å². The first kappa shape index (κ1) is 28.2. The molecule has 0 radical (unpaired) electrons. The van der Waals surface area contributed by atoms with Gasteiger partial charge in [0.2, 0.25) is 0 Å². The number of carbonyl (C=O) groups excluding carboxylic acids is 1. The van der Waals surface area contributed by atoms with Crippen LogP contribution in [0.2, 0.25) is 5.02 Å². The summed E-state index contributed by atoms with van der Waals surface area (Å²) in [7, 11) is -4.00. The summed E-state index contributed by atoms with van der Waals surface area (Å²) in [5.41, 5.74) is 5.72. The van der Waals surface area contributed by atoms with Crippen molar-refractivity contribution in [1.29, 1.82) is 0 Å². The van der Waals surface area contributed by atoms with Gasteiger partial charge in [0, 0.05) is 10.7 Å². The lowest BCUT2D eigenvalue weighted by Gasteiger charge is -2.24. The van der Waals surface area contributed by atoms with E-state index in [1.807, 2.05) is 13.8 Å². The maximum absolute atomic E-state index is 13.6. The Bertz CT molecular complexity index is 1130. The highest BCUT2D eigenvalue weighted by atomic mass is 35.5. The first-order chi connectivity index (χ1) is 17.3. The number of hydrogen-bond acceptors (Lipinski definition) is 4. The molecular formula is C28H38ClN3O3S. The summed E-state index contributed by atoms with van der Waals surface area (Å²) in [4.78, 5) is 13.1. The molecule has 2 aromatic carbocycles. The van der Waals surface area contributed by atoms with Crippen LogP contribution in [-0.4, -0.2) is 26.6 Å². The number of aryl methyl sites for hydroxylation is 2. The number of benzene rings is 2. The zero-order chi connectivity index (χ0) is 26.0. The molecule has 0 saturated heterocycles. The predicted octanol–water partition coefficient (Wildman–Crippen LogP) is 6.93. The second-order valence-corrected chi connectivity index (χ2v) is 11.9. The Morgan fingerprint density at radius 3 is 2.00 bits per heavy atom. The molecule has 0 aromatic heterocycles. The van der Waals surface area contributed by atoms with Crippen LogP contribution in [0.3, 0.4) is 0 Å². The highest BCUT2D eigenvalue weighted by Gasteiger charge is 2.27. The Morgan fingerprint density at radius 2 is 1.44 bits per heavy atom. The van der Waals surface area contributed by atoms with Crippen molar-refractivity contribution >= 4 is 38.9 Å². The monoisotopic (exact) mass is 531 g/mol. The van der Waals surface area contributed by atoms with Gasteiger partial charge in [0.05, 0.1) is 10.6 Å². The van der Waals surface area contributed by atoms with Gasteiger partial charge >= 0.3 is 0 Å². The Hall–Kier alpha value is -2.38. The lowest BCUT2D eigenvalue weighted by atomic mass is 10.00. The van der Waals surface area contributed by atoms with Gasteiger partial charge in [-0.25, -0.2) is 13.8 Å². The van der Waals surface area contributed by atoms with Crippen molar-refractivity contribution in [2.75, 3.05) is 10.8 Å². The standard InChI is InChI=1S/C28H38ClN3O3S/c1-22-14-18-26(19-15-22)36(34,35)32(25-17-16-23(2)27(29)20-25)21-28(33)31-30-24-12-10-8-6-4-3-5-7-9-11-13-24/h14-20H,3-13,21H2,1-2H3,(H,31,33). The molecule has 0 heterocycles. The highest BCUT2D eigenvalue weighted by Crippen LogP contribution is 2.28. The molecule has 2 aromatic rings. The van der Waals surface area contributed by atoms with Crippen LogP contribution in [0.1, 0.15) is 81.8 Å². The smallest absolute Gasteiger partial charge is 0.264 e. The average molecular weight is 532 g/mol. The van der Waals surface area contributed by atoms with Crippen molar-refractivity contribution in [3.05, 3.63) is 58.6 Å². The van der Waals surface area contributed by atoms with Gasteiger partial charge in [0.25, 0.3) is 15.9 Å². The van der Waals surface area contributed by atoms with Crippen LogP contribution in [0.5, 0.6) is 0 Å². The summed E-state index contributed by atoms with van der Waals surface area (Å²) in [5.74, 6) is -0.485. The molecule has 1 saturated carbocycles. The molecule has 0 unspecified atom stereocenters. The summed E-state index contributed by atoms with van der Waals surface area (Å²) in [5, 5.41) is 4.86. The third-order valence-electron chi connectivity index (χ3n) is 6.61. The molecule has 0 atom stereocenters. The topological polar surface area (TPSA) is 78.8 Å². The molecule has 36 heavy (non-hydrogen) atoms. The molecule has 6 nitrogen and oxygen atoms in total.